The van der Waals surface area contributed by atoms with Crippen LogP contribution < -0.4 is 10.1 Å². The minimum Gasteiger partial charge on any atom is -0.439 e. The number of halogens is 1. The van der Waals surface area contributed by atoms with Gasteiger partial charge in [-0.2, -0.15) is 0 Å². The average molecular weight is 340 g/mol. The van der Waals surface area contributed by atoms with Crippen LogP contribution in [0.25, 0.3) is 0 Å². The Morgan fingerprint density at radius 1 is 1.29 bits per heavy atom. The third-order valence-electron chi connectivity index (χ3n) is 2.20. The van der Waals surface area contributed by atoms with Crippen molar-refractivity contribution >= 4 is 22.6 Å². The Balaban J connectivity index is 2.08. The molecule has 1 aromatic carbocycles. The zero-order valence-corrected chi connectivity index (χ0v) is 11.6. The fourth-order valence-corrected chi connectivity index (χ4v) is 1.95. The van der Waals surface area contributed by atoms with E-state index in [1.807, 2.05) is 49.6 Å². The summed E-state index contributed by atoms with van der Waals surface area (Å²) in [6, 6.07) is 11.8. The van der Waals surface area contributed by atoms with Crippen LogP contribution in [0.15, 0.2) is 42.6 Å². The summed E-state index contributed by atoms with van der Waals surface area (Å²) in [7, 11) is 1.91. The Kier molecular flexibility index (Phi) is 4.33. The van der Waals surface area contributed by atoms with E-state index in [0.29, 0.717) is 5.88 Å². The van der Waals surface area contributed by atoms with Gasteiger partial charge in [-0.15, -0.1) is 0 Å². The molecule has 0 atom stereocenters. The number of rotatable bonds is 4. The lowest BCUT2D eigenvalue weighted by molar-refractivity contribution is 0.462. The van der Waals surface area contributed by atoms with Crippen LogP contribution in [0.5, 0.6) is 11.6 Å². The van der Waals surface area contributed by atoms with Gasteiger partial charge in [-0.05, 0) is 53.4 Å². The summed E-state index contributed by atoms with van der Waals surface area (Å²) in [6.07, 6.45) is 1.82. The summed E-state index contributed by atoms with van der Waals surface area (Å²) >= 11 is 2.26. The number of hydrogen-bond donors (Lipinski definition) is 1. The molecule has 0 unspecified atom stereocenters. The quantitative estimate of drug-likeness (QED) is 0.868. The van der Waals surface area contributed by atoms with Gasteiger partial charge in [0.15, 0.2) is 0 Å². The highest BCUT2D eigenvalue weighted by Gasteiger charge is 1.99. The number of nitrogens with one attached hydrogen (secondary N) is 1. The van der Waals surface area contributed by atoms with Crippen LogP contribution in [0, 0.1) is 3.57 Å². The van der Waals surface area contributed by atoms with Crippen molar-refractivity contribution in [1.82, 2.24) is 10.3 Å². The highest BCUT2D eigenvalue weighted by atomic mass is 127. The van der Waals surface area contributed by atoms with Gasteiger partial charge in [0.05, 0.1) is 0 Å². The molecule has 0 radical (unpaired) electrons. The second-order valence-electron chi connectivity index (χ2n) is 3.59. The van der Waals surface area contributed by atoms with Crippen molar-refractivity contribution in [2.75, 3.05) is 7.05 Å². The van der Waals surface area contributed by atoms with Gasteiger partial charge >= 0.3 is 0 Å². The Labute approximate surface area is 114 Å². The fraction of sp³-hybridized carbons (Fsp3) is 0.154. The first-order valence-electron chi connectivity index (χ1n) is 5.31. The van der Waals surface area contributed by atoms with Gasteiger partial charge in [-0.25, -0.2) is 4.98 Å². The smallest absolute Gasteiger partial charge is 0.219 e. The first-order chi connectivity index (χ1) is 8.28. The molecule has 0 saturated carbocycles. The summed E-state index contributed by atoms with van der Waals surface area (Å²) in [4.78, 5) is 4.26. The molecule has 2 rings (SSSR count). The van der Waals surface area contributed by atoms with Crippen molar-refractivity contribution < 1.29 is 4.74 Å². The highest BCUT2D eigenvalue weighted by molar-refractivity contribution is 14.1. The molecule has 0 aliphatic heterocycles. The normalized spacial score (nSPS) is 10.2. The number of pyridine rings is 1. The van der Waals surface area contributed by atoms with Crippen LogP contribution in [-0.4, -0.2) is 12.0 Å². The van der Waals surface area contributed by atoms with Gasteiger partial charge in [0, 0.05) is 22.4 Å². The summed E-state index contributed by atoms with van der Waals surface area (Å²) < 4.78 is 6.80. The number of nitrogens with zero attached hydrogens (tertiary/aromatic N) is 1. The molecular formula is C13H13IN2O. The Morgan fingerprint density at radius 3 is 2.82 bits per heavy atom. The van der Waals surface area contributed by atoms with Crippen molar-refractivity contribution in [3.8, 4) is 11.6 Å². The molecule has 88 valence electrons. The van der Waals surface area contributed by atoms with Gasteiger partial charge in [0.25, 0.3) is 0 Å². The standard InChI is InChI=1S/C13H13IN2O/c1-15-8-10-5-6-13(16-9-10)17-12-4-2-3-11(14)7-12/h2-7,9,15H,8H2,1H3. The van der Waals surface area contributed by atoms with Crippen LogP contribution in [0.2, 0.25) is 0 Å². The molecule has 17 heavy (non-hydrogen) atoms. The van der Waals surface area contributed by atoms with Gasteiger partial charge in [0.2, 0.25) is 5.88 Å². The first kappa shape index (κ1) is 12.3. The van der Waals surface area contributed by atoms with Crippen molar-refractivity contribution in [1.29, 1.82) is 0 Å². The number of hydrogen-bond acceptors (Lipinski definition) is 3. The maximum absolute atomic E-state index is 5.66. The lowest BCUT2D eigenvalue weighted by Crippen LogP contribution is -2.05. The van der Waals surface area contributed by atoms with E-state index in [1.165, 1.54) is 0 Å². The van der Waals surface area contributed by atoms with E-state index < -0.39 is 0 Å². The van der Waals surface area contributed by atoms with E-state index in [1.54, 1.807) is 0 Å². The number of benzene rings is 1. The van der Waals surface area contributed by atoms with Gasteiger partial charge < -0.3 is 10.1 Å². The summed E-state index contributed by atoms with van der Waals surface area (Å²) in [5, 5.41) is 3.08. The van der Waals surface area contributed by atoms with E-state index in [2.05, 4.69) is 32.9 Å². The monoisotopic (exact) mass is 340 g/mol. The van der Waals surface area contributed by atoms with Gasteiger partial charge in [-0.1, -0.05) is 12.1 Å². The Hall–Kier alpha value is -1.14. The summed E-state index contributed by atoms with van der Waals surface area (Å²) in [5.74, 6) is 1.43. The number of ether oxygens (including phenoxy) is 1. The molecule has 4 heteroatoms. The lowest BCUT2D eigenvalue weighted by atomic mass is 10.3. The second-order valence-corrected chi connectivity index (χ2v) is 4.84. The second kappa shape index (κ2) is 5.97. The predicted molar refractivity (Wildman–Crippen MR) is 76.2 cm³/mol. The van der Waals surface area contributed by atoms with E-state index in [0.717, 1.165) is 21.4 Å². The van der Waals surface area contributed by atoms with Crippen LogP contribution in [0.3, 0.4) is 0 Å². The minimum absolute atomic E-state index is 0.617. The van der Waals surface area contributed by atoms with Crippen LogP contribution >= 0.6 is 22.6 Å². The lowest BCUT2D eigenvalue weighted by Gasteiger charge is -2.05. The van der Waals surface area contributed by atoms with Crippen molar-refractivity contribution in [2.24, 2.45) is 0 Å². The molecule has 0 saturated heterocycles. The van der Waals surface area contributed by atoms with E-state index in [4.69, 9.17) is 4.74 Å². The molecule has 0 fully saturated rings. The number of aromatic nitrogens is 1. The third kappa shape index (κ3) is 3.67. The van der Waals surface area contributed by atoms with E-state index >= 15 is 0 Å². The van der Waals surface area contributed by atoms with Crippen molar-refractivity contribution in [2.45, 2.75) is 6.54 Å². The molecule has 0 aliphatic rings. The minimum atomic E-state index is 0.617. The predicted octanol–water partition coefficient (Wildman–Crippen LogP) is 3.20. The topological polar surface area (TPSA) is 34.1 Å². The van der Waals surface area contributed by atoms with Crippen LogP contribution in [0.1, 0.15) is 5.56 Å². The molecule has 0 aliphatic carbocycles. The van der Waals surface area contributed by atoms with E-state index in [9.17, 15) is 0 Å². The summed E-state index contributed by atoms with van der Waals surface area (Å²) in [5.41, 5.74) is 1.14. The van der Waals surface area contributed by atoms with Crippen LogP contribution in [-0.2, 0) is 6.54 Å². The zero-order valence-electron chi connectivity index (χ0n) is 9.48. The highest BCUT2D eigenvalue weighted by Crippen LogP contribution is 2.21. The van der Waals surface area contributed by atoms with Crippen molar-refractivity contribution in [3.05, 3.63) is 51.7 Å². The molecule has 0 spiro atoms. The van der Waals surface area contributed by atoms with E-state index in [-0.39, 0.29) is 0 Å². The molecule has 3 nitrogen and oxygen atoms in total. The van der Waals surface area contributed by atoms with Gasteiger partial charge in [0.1, 0.15) is 5.75 Å². The Morgan fingerprint density at radius 2 is 2.18 bits per heavy atom. The average Bonchev–Trinajstić information content (AvgIpc) is 2.32. The largest absolute Gasteiger partial charge is 0.439 e. The third-order valence-corrected chi connectivity index (χ3v) is 2.87. The van der Waals surface area contributed by atoms with Crippen molar-refractivity contribution in [3.63, 3.8) is 0 Å². The molecular weight excluding hydrogens is 327 g/mol. The molecule has 0 amide bonds. The molecule has 2 aromatic rings. The first-order valence-corrected chi connectivity index (χ1v) is 6.39. The maximum atomic E-state index is 5.66. The van der Waals surface area contributed by atoms with Crippen LogP contribution in [0.4, 0.5) is 0 Å². The maximum Gasteiger partial charge on any atom is 0.219 e. The molecule has 0 bridgehead atoms. The fourth-order valence-electron chi connectivity index (χ4n) is 1.43. The molecule has 1 heterocycles. The molecule has 1 N–H and O–H groups in total. The zero-order chi connectivity index (χ0) is 12.1. The summed E-state index contributed by atoms with van der Waals surface area (Å²) in [6.45, 7) is 0.816. The molecule has 1 aromatic heterocycles. The Bertz CT molecular complexity index is 485. The SMILES string of the molecule is CNCc1ccc(Oc2cccc(I)c2)nc1. The van der Waals surface area contributed by atoms with Gasteiger partial charge in [-0.3, -0.25) is 0 Å².